The van der Waals surface area contributed by atoms with Gasteiger partial charge < -0.3 is 19.9 Å². The van der Waals surface area contributed by atoms with Gasteiger partial charge in [0.05, 0.1) is 24.5 Å². The van der Waals surface area contributed by atoms with Gasteiger partial charge in [-0.3, -0.25) is 4.79 Å². The number of hydrogen-bond acceptors (Lipinski definition) is 4. The molecule has 2 atom stereocenters. The van der Waals surface area contributed by atoms with Gasteiger partial charge in [0, 0.05) is 31.5 Å². The molecule has 150 valence electrons. The quantitative estimate of drug-likeness (QED) is 0.872. The zero-order chi connectivity index (χ0) is 19.4. The van der Waals surface area contributed by atoms with Gasteiger partial charge in [-0.2, -0.15) is 0 Å². The number of carbonyl (C=O) groups excluding carboxylic acids is 1. The van der Waals surface area contributed by atoms with Crippen LogP contribution in [0.3, 0.4) is 0 Å². The van der Waals surface area contributed by atoms with Crippen molar-refractivity contribution in [2.24, 2.45) is 0 Å². The molecule has 1 unspecified atom stereocenters. The van der Waals surface area contributed by atoms with Crippen LogP contribution in [0.15, 0.2) is 36.4 Å². The van der Waals surface area contributed by atoms with Crippen molar-refractivity contribution in [2.75, 3.05) is 43.0 Å². The van der Waals surface area contributed by atoms with Crippen molar-refractivity contribution in [1.29, 1.82) is 0 Å². The molecule has 0 radical (unpaired) electrons. The van der Waals surface area contributed by atoms with E-state index < -0.39 is 0 Å². The molecule has 6 rings (SSSR count). The molecule has 2 aromatic rings. The van der Waals surface area contributed by atoms with Crippen molar-refractivity contribution in [3.63, 3.8) is 0 Å². The van der Waals surface area contributed by atoms with Crippen molar-refractivity contribution in [3.05, 3.63) is 53.1 Å². The summed E-state index contributed by atoms with van der Waals surface area (Å²) in [4.78, 5) is 17.1. The molecule has 0 saturated carbocycles. The Morgan fingerprint density at radius 2 is 2.10 bits per heavy atom. The van der Waals surface area contributed by atoms with Crippen LogP contribution in [-0.4, -0.2) is 49.6 Å². The number of aryl methyl sites for hydroxylation is 1. The Morgan fingerprint density at radius 3 is 3.07 bits per heavy atom. The van der Waals surface area contributed by atoms with E-state index in [1.165, 1.54) is 22.4 Å². The first-order chi connectivity index (χ1) is 14.3. The van der Waals surface area contributed by atoms with Gasteiger partial charge in [-0.15, -0.1) is 0 Å². The standard InChI is InChI=1S/C24H27N3O2/c28-22-15-27-21-9-12-26(14-19(21)18-7-2-8-20(25-22)23(18)27)11-3-6-16-4-1-5-17-10-13-29-24(16)17/h1-2,4-5,7-8,19,21H,3,6,9-15H2,(H,25,28)/t19?,21-/m1/s1. The number of nitrogens with one attached hydrogen (secondary N) is 1. The highest BCUT2D eigenvalue weighted by atomic mass is 16.5. The summed E-state index contributed by atoms with van der Waals surface area (Å²) in [5, 5.41) is 3.06. The van der Waals surface area contributed by atoms with E-state index in [0.717, 1.165) is 63.4 Å². The SMILES string of the molecule is O=C1CN2c3c(cccc3C3CN(CCCc4cccc5c4OCC5)CC[C@H]32)N1. The number of fused-ring (bicyclic) bond motifs is 4. The highest BCUT2D eigenvalue weighted by Crippen LogP contribution is 2.49. The number of carbonyl (C=O) groups is 1. The van der Waals surface area contributed by atoms with Gasteiger partial charge in [0.2, 0.25) is 5.91 Å². The zero-order valence-corrected chi connectivity index (χ0v) is 16.7. The molecule has 0 bridgehead atoms. The van der Waals surface area contributed by atoms with Gasteiger partial charge in [0.25, 0.3) is 0 Å². The summed E-state index contributed by atoms with van der Waals surface area (Å²) in [6.45, 7) is 4.67. The fourth-order valence-corrected chi connectivity index (χ4v) is 5.85. The van der Waals surface area contributed by atoms with E-state index >= 15 is 0 Å². The second kappa shape index (κ2) is 6.77. The molecule has 5 nitrogen and oxygen atoms in total. The molecule has 5 heteroatoms. The number of para-hydroxylation sites is 2. The molecule has 0 aliphatic carbocycles. The Labute approximate surface area is 171 Å². The van der Waals surface area contributed by atoms with Crippen LogP contribution in [-0.2, 0) is 17.6 Å². The maximum Gasteiger partial charge on any atom is 0.243 e. The number of rotatable bonds is 4. The van der Waals surface area contributed by atoms with E-state index in [2.05, 4.69) is 45.4 Å². The summed E-state index contributed by atoms with van der Waals surface area (Å²) < 4.78 is 5.87. The summed E-state index contributed by atoms with van der Waals surface area (Å²) >= 11 is 0. The van der Waals surface area contributed by atoms with Crippen molar-refractivity contribution >= 4 is 17.3 Å². The number of hydrogen-bond donors (Lipinski definition) is 1. The van der Waals surface area contributed by atoms with E-state index in [1.807, 2.05) is 6.07 Å². The fraction of sp³-hybridized carbons (Fsp3) is 0.458. The van der Waals surface area contributed by atoms with E-state index in [4.69, 9.17) is 4.74 Å². The van der Waals surface area contributed by atoms with Gasteiger partial charge >= 0.3 is 0 Å². The number of anilines is 2. The lowest BCUT2D eigenvalue weighted by molar-refractivity contribution is -0.115. The fourth-order valence-electron chi connectivity index (χ4n) is 5.85. The lowest BCUT2D eigenvalue weighted by atomic mass is 9.89. The lowest BCUT2D eigenvalue weighted by Crippen LogP contribution is -2.49. The van der Waals surface area contributed by atoms with E-state index in [9.17, 15) is 4.79 Å². The minimum Gasteiger partial charge on any atom is -0.493 e. The second-order valence-electron chi connectivity index (χ2n) is 8.79. The minimum atomic E-state index is 0.121. The van der Waals surface area contributed by atoms with Crippen LogP contribution in [0.5, 0.6) is 5.75 Å². The predicted octanol–water partition coefficient (Wildman–Crippen LogP) is 3.18. The maximum absolute atomic E-state index is 12.1. The minimum absolute atomic E-state index is 0.121. The second-order valence-corrected chi connectivity index (χ2v) is 8.79. The largest absolute Gasteiger partial charge is 0.493 e. The number of ether oxygens (including phenoxy) is 1. The molecule has 2 aromatic carbocycles. The lowest BCUT2D eigenvalue weighted by Gasteiger charge is -2.39. The molecular weight excluding hydrogens is 362 g/mol. The molecule has 4 aliphatic rings. The van der Waals surface area contributed by atoms with Crippen LogP contribution in [0.25, 0.3) is 0 Å². The Hall–Kier alpha value is -2.53. The number of amides is 1. The topological polar surface area (TPSA) is 44.8 Å². The highest BCUT2D eigenvalue weighted by molar-refractivity contribution is 6.03. The zero-order valence-electron chi connectivity index (χ0n) is 16.7. The third kappa shape index (κ3) is 2.83. The number of nitrogens with zero attached hydrogens (tertiary/aromatic N) is 2. The Morgan fingerprint density at radius 1 is 1.17 bits per heavy atom. The van der Waals surface area contributed by atoms with Crippen molar-refractivity contribution in [1.82, 2.24) is 4.90 Å². The van der Waals surface area contributed by atoms with Crippen LogP contribution in [0.2, 0.25) is 0 Å². The van der Waals surface area contributed by atoms with Crippen molar-refractivity contribution in [2.45, 2.75) is 37.6 Å². The highest BCUT2D eigenvalue weighted by Gasteiger charge is 2.45. The van der Waals surface area contributed by atoms with Crippen LogP contribution in [0.4, 0.5) is 11.4 Å². The van der Waals surface area contributed by atoms with Crippen LogP contribution in [0, 0.1) is 0 Å². The molecule has 1 amide bonds. The molecule has 1 fully saturated rings. The van der Waals surface area contributed by atoms with Crippen molar-refractivity contribution in [3.8, 4) is 5.75 Å². The molecule has 0 aromatic heterocycles. The maximum atomic E-state index is 12.1. The summed E-state index contributed by atoms with van der Waals surface area (Å²) in [5.41, 5.74) is 6.44. The average Bonchev–Trinajstić information content (AvgIpc) is 3.33. The molecule has 1 saturated heterocycles. The van der Waals surface area contributed by atoms with Crippen LogP contribution in [0.1, 0.15) is 35.4 Å². The van der Waals surface area contributed by atoms with E-state index in [-0.39, 0.29) is 5.91 Å². The van der Waals surface area contributed by atoms with Gasteiger partial charge in [-0.25, -0.2) is 0 Å². The van der Waals surface area contributed by atoms with Gasteiger partial charge in [-0.05, 0) is 48.6 Å². The summed E-state index contributed by atoms with van der Waals surface area (Å²) in [6.07, 6.45) is 4.43. The average molecular weight is 389 g/mol. The summed E-state index contributed by atoms with van der Waals surface area (Å²) in [6, 6.07) is 13.5. The first kappa shape index (κ1) is 17.3. The Kier molecular flexibility index (Phi) is 4.05. The van der Waals surface area contributed by atoms with Gasteiger partial charge in [-0.1, -0.05) is 30.3 Å². The van der Waals surface area contributed by atoms with Crippen LogP contribution < -0.4 is 15.0 Å². The van der Waals surface area contributed by atoms with Crippen LogP contribution >= 0.6 is 0 Å². The van der Waals surface area contributed by atoms with Gasteiger partial charge in [0.1, 0.15) is 5.75 Å². The summed E-state index contributed by atoms with van der Waals surface area (Å²) in [5.74, 6) is 1.78. The molecule has 0 spiro atoms. The van der Waals surface area contributed by atoms with Gasteiger partial charge in [0.15, 0.2) is 0 Å². The number of benzene rings is 2. The van der Waals surface area contributed by atoms with Crippen molar-refractivity contribution < 1.29 is 9.53 Å². The first-order valence-corrected chi connectivity index (χ1v) is 10.9. The predicted molar refractivity (Wildman–Crippen MR) is 114 cm³/mol. The summed E-state index contributed by atoms with van der Waals surface area (Å²) in [7, 11) is 0. The number of likely N-dealkylation sites (tertiary alicyclic amines) is 1. The van der Waals surface area contributed by atoms with E-state index in [1.54, 1.807) is 0 Å². The first-order valence-electron chi connectivity index (χ1n) is 10.9. The molecule has 4 heterocycles. The Balaban J connectivity index is 1.14. The molecule has 29 heavy (non-hydrogen) atoms. The smallest absolute Gasteiger partial charge is 0.243 e. The molecule has 1 N–H and O–H groups in total. The number of piperidine rings is 1. The van der Waals surface area contributed by atoms with E-state index in [0.29, 0.717) is 18.5 Å². The monoisotopic (exact) mass is 389 g/mol. The Bertz CT molecular complexity index is 973. The normalized spacial score (nSPS) is 24.6. The third-order valence-electron chi connectivity index (χ3n) is 7.12. The molecule has 4 aliphatic heterocycles. The molecular formula is C24H27N3O2. The third-order valence-corrected chi connectivity index (χ3v) is 7.12.